The van der Waals surface area contributed by atoms with Crippen LogP contribution in [-0.4, -0.2) is 21.7 Å². The van der Waals surface area contributed by atoms with Crippen molar-refractivity contribution < 1.29 is 27.2 Å². The van der Waals surface area contributed by atoms with Gasteiger partial charge in [0.15, 0.2) is 11.6 Å². The first-order valence-corrected chi connectivity index (χ1v) is 9.75. The number of nitrogens with zero attached hydrogens (tertiary/aromatic N) is 2. The van der Waals surface area contributed by atoms with Crippen molar-refractivity contribution in [2.45, 2.75) is 6.18 Å². The number of nitrogens with one attached hydrogen (secondary N) is 1. The van der Waals surface area contributed by atoms with E-state index in [1.54, 1.807) is 6.07 Å². The van der Waals surface area contributed by atoms with Crippen LogP contribution in [0.5, 0.6) is 0 Å². The number of ketones is 1. The predicted octanol–water partition coefficient (Wildman–Crippen LogP) is 5.92. The standard InChI is InChI=1S/C23H12ClF4N3O2/c24-16-10-13(4-6-15(16)23(26,27)28)22(33)31-18-3-1-2-14(20(18)25)21(32)12-5-7-17-19(11-12)30-9-8-29-17/h1-11H,(H,31,33). The van der Waals surface area contributed by atoms with Crippen LogP contribution >= 0.6 is 11.6 Å². The Labute approximate surface area is 189 Å². The summed E-state index contributed by atoms with van der Waals surface area (Å²) >= 11 is 5.64. The summed E-state index contributed by atoms with van der Waals surface area (Å²) in [7, 11) is 0. The number of anilines is 1. The van der Waals surface area contributed by atoms with Gasteiger partial charge in [-0.2, -0.15) is 13.2 Å². The molecule has 10 heteroatoms. The molecule has 0 unspecified atom stereocenters. The lowest BCUT2D eigenvalue weighted by atomic mass is 10.0. The number of halogens is 5. The van der Waals surface area contributed by atoms with Gasteiger partial charge in [-0.15, -0.1) is 0 Å². The van der Waals surface area contributed by atoms with E-state index in [1.165, 1.54) is 42.7 Å². The molecule has 0 saturated heterocycles. The van der Waals surface area contributed by atoms with Crippen LogP contribution in [0.15, 0.2) is 67.0 Å². The molecule has 0 aliphatic carbocycles. The Morgan fingerprint density at radius 3 is 2.27 bits per heavy atom. The maximum Gasteiger partial charge on any atom is 0.417 e. The maximum absolute atomic E-state index is 15.1. The lowest BCUT2D eigenvalue weighted by molar-refractivity contribution is -0.137. The summed E-state index contributed by atoms with van der Waals surface area (Å²) in [5.74, 6) is -2.53. The van der Waals surface area contributed by atoms with Crippen LogP contribution in [0.3, 0.4) is 0 Å². The highest BCUT2D eigenvalue weighted by atomic mass is 35.5. The molecule has 0 bridgehead atoms. The number of carbonyl (C=O) groups is 2. The number of alkyl halides is 3. The van der Waals surface area contributed by atoms with E-state index < -0.39 is 34.3 Å². The quantitative estimate of drug-likeness (QED) is 0.295. The number of rotatable bonds is 4. The van der Waals surface area contributed by atoms with Gasteiger partial charge in [0, 0.05) is 23.5 Å². The summed E-state index contributed by atoms with van der Waals surface area (Å²) in [6, 6.07) is 10.8. The normalized spacial score (nSPS) is 11.4. The lowest BCUT2D eigenvalue weighted by Gasteiger charge is -2.12. The number of benzene rings is 3. The Balaban J connectivity index is 1.61. The fourth-order valence-corrected chi connectivity index (χ4v) is 3.43. The molecule has 4 aromatic rings. The second-order valence-corrected chi connectivity index (χ2v) is 7.31. The zero-order valence-corrected chi connectivity index (χ0v) is 17.2. The van der Waals surface area contributed by atoms with E-state index in [9.17, 15) is 22.8 Å². The Morgan fingerprint density at radius 1 is 0.879 bits per heavy atom. The van der Waals surface area contributed by atoms with Crippen molar-refractivity contribution in [2.24, 2.45) is 0 Å². The van der Waals surface area contributed by atoms with Crippen molar-refractivity contribution in [3.05, 3.63) is 100 Å². The molecular formula is C23H12ClF4N3O2. The molecule has 0 fully saturated rings. The number of hydrogen-bond acceptors (Lipinski definition) is 4. The van der Waals surface area contributed by atoms with Gasteiger partial charge in [-0.05, 0) is 48.5 Å². The SMILES string of the molecule is O=C(Nc1cccc(C(=O)c2ccc3nccnc3c2)c1F)c1ccc(C(F)(F)F)c(Cl)c1. The van der Waals surface area contributed by atoms with Crippen LogP contribution in [-0.2, 0) is 6.18 Å². The van der Waals surface area contributed by atoms with Gasteiger partial charge in [0.05, 0.1) is 32.9 Å². The summed E-state index contributed by atoms with van der Waals surface area (Å²) in [5.41, 5.74) is -0.751. The molecule has 5 nitrogen and oxygen atoms in total. The molecule has 1 aromatic heterocycles. The Morgan fingerprint density at radius 2 is 1.58 bits per heavy atom. The minimum atomic E-state index is -4.68. The van der Waals surface area contributed by atoms with E-state index in [0.717, 1.165) is 12.1 Å². The number of hydrogen-bond donors (Lipinski definition) is 1. The molecule has 3 aromatic carbocycles. The fraction of sp³-hybridized carbons (Fsp3) is 0.0435. The first-order chi connectivity index (χ1) is 15.6. The number of amides is 1. The van der Waals surface area contributed by atoms with Crippen LogP contribution in [0.1, 0.15) is 31.8 Å². The van der Waals surface area contributed by atoms with Crippen molar-refractivity contribution in [1.82, 2.24) is 9.97 Å². The van der Waals surface area contributed by atoms with Gasteiger partial charge in [-0.3, -0.25) is 19.6 Å². The molecule has 4 rings (SSSR count). The predicted molar refractivity (Wildman–Crippen MR) is 114 cm³/mol. The Kier molecular flexibility index (Phi) is 5.82. The van der Waals surface area contributed by atoms with E-state index in [4.69, 9.17) is 11.6 Å². The van der Waals surface area contributed by atoms with Gasteiger partial charge in [0.25, 0.3) is 5.91 Å². The van der Waals surface area contributed by atoms with E-state index >= 15 is 4.39 Å². The van der Waals surface area contributed by atoms with Crippen molar-refractivity contribution in [3.63, 3.8) is 0 Å². The molecule has 1 N–H and O–H groups in total. The van der Waals surface area contributed by atoms with Gasteiger partial charge < -0.3 is 5.32 Å². The highest BCUT2D eigenvalue weighted by Gasteiger charge is 2.33. The van der Waals surface area contributed by atoms with Gasteiger partial charge >= 0.3 is 6.18 Å². The fourth-order valence-electron chi connectivity index (χ4n) is 3.14. The van der Waals surface area contributed by atoms with Crippen molar-refractivity contribution in [2.75, 3.05) is 5.32 Å². The van der Waals surface area contributed by atoms with Crippen LogP contribution in [0.2, 0.25) is 5.02 Å². The monoisotopic (exact) mass is 473 g/mol. The van der Waals surface area contributed by atoms with Crippen molar-refractivity contribution in [3.8, 4) is 0 Å². The number of fused-ring (bicyclic) bond motifs is 1. The summed E-state index contributed by atoms with van der Waals surface area (Å²) in [5, 5.41) is 1.59. The smallest absolute Gasteiger partial charge is 0.319 e. The summed E-state index contributed by atoms with van der Waals surface area (Å²) in [4.78, 5) is 33.5. The first kappa shape index (κ1) is 22.3. The number of aromatic nitrogens is 2. The minimum absolute atomic E-state index is 0.167. The first-order valence-electron chi connectivity index (χ1n) is 9.37. The van der Waals surface area contributed by atoms with E-state index in [-0.39, 0.29) is 22.4 Å². The zero-order chi connectivity index (χ0) is 23.8. The average Bonchev–Trinajstić information content (AvgIpc) is 2.78. The zero-order valence-electron chi connectivity index (χ0n) is 16.5. The van der Waals surface area contributed by atoms with E-state index in [2.05, 4.69) is 15.3 Å². The molecule has 0 aliphatic rings. The maximum atomic E-state index is 15.1. The van der Waals surface area contributed by atoms with E-state index in [1.807, 2.05) is 0 Å². The topological polar surface area (TPSA) is 72.0 Å². The average molecular weight is 474 g/mol. The van der Waals surface area contributed by atoms with Crippen LogP contribution in [0.25, 0.3) is 11.0 Å². The molecule has 1 amide bonds. The molecule has 0 aliphatic heterocycles. The van der Waals surface area contributed by atoms with Gasteiger partial charge in [-0.25, -0.2) is 4.39 Å². The third kappa shape index (κ3) is 4.54. The molecule has 0 radical (unpaired) electrons. The van der Waals surface area contributed by atoms with Crippen LogP contribution in [0.4, 0.5) is 23.2 Å². The lowest BCUT2D eigenvalue weighted by Crippen LogP contribution is -2.15. The molecule has 33 heavy (non-hydrogen) atoms. The second-order valence-electron chi connectivity index (χ2n) is 6.90. The third-order valence-electron chi connectivity index (χ3n) is 4.76. The highest BCUT2D eigenvalue weighted by Crippen LogP contribution is 2.35. The minimum Gasteiger partial charge on any atom is -0.319 e. The molecule has 1 heterocycles. The molecule has 0 saturated carbocycles. The van der Waals surface area contributed by atoms with Crippen LogP contribution < -0.4 is 5.32 Å². The van der Waals surface area contributed by atoms with Crippen molar-refractivity contribution in [1.29, 1.82) is 0 Å². The molecular weight excluding hydrogens is 462 g/mol. The summed E-state index contributed by atoms with van der Waals surface area (Å²) < 4.78 is 53.6. The highest BCUT2D eigenvalue weighted by molar-refractivity contribution is 6.32. The largest absolute Gasteiger partial charge is 0.417 e. The molecule has 166 valence electrons. The summed E-state index contributed by atoms with van der Waals surface area (Å²) in [6.45, 7) is 0. The summed E-state index contributed by atoms with van der Waals surface area (Å²) in [6.07, 6.45) is -1.72. The second kappa shape index (κ2) is 8.59. The van der Waals surface area contributed by atoms with Gasteiger partial charge in [0.2, 0.25) is 0 Å². The van der Waals surface area contributed by atoms with Gasteiger partial charge in [-0.1, -0.05) is 17.7 Å². The van der Waals surface area contributed by atoms with E-state index in [0.29, 0.717) is 17.1 Å². The third-order valence-corrected chi connectivity index (χ3v) is 5.07. The van der Waals surface area contributed by atoms with Crippen molar-refractivity contribution >= 4 is 40.0 Å². The Bertz CT molecular complexity index is 1410. The Hall–Kier alpha value is -3.85. The molecule has 0 atom stereocenters. The van der Waals surface area contributed by atoms with Crippen LogP contribution in [0, 0.1) is 5.82 Å². The van der Waals surface area contributed by atoms with Gasteiger partial charge in [0.1, 0.15) is 0 Å². The molecule has 0 spiro atoms. The number of carbonyl (C=O) groups excluding carboxylic acids is 2.